The van der Waals surface area contributed by atoms with Crippen molar-refractivity contribution in [1.29, 1.82) is 0 Å². The van der Waals surface area contributed by atoms with Crippen LogP contribution in [-0.2, 0) is 6.54 Å². The molecule has 0 atom stereocenters. The van der Waals surface area contributed by atoms with Crippen LogP contribution < -0.4 is 25.4 Å². The van der Waals surface area contributed by atoms with Crippen LogP contribution in [0.25, 0.3) is 0 Å². The zero-order valence-corrected chi connectivity index (χ0v) is 21.4. The van der Waals surface area contributed by atoms with Crippen molar-refractivity contribution in [3.63, 3.8) is 0 Å². The van der Waals surface area contributed by atoms with Crippen LogP contribution in [0, 0.1) is 0 Å². The number of carbonyl (C=O) groups is 2. The third-order valence-electron chi connectivity index (χ3n) is 5.39. The normalized spacial score (nSPS) is 10.2. The maximum Gasteiger partial charge on any atom is 0.257 e. The molecule has 0 bridgehead atoms. The van der Waals surface area contributed by atoms with Crippen molar-refractivity contribution in [2.24, 2.45) is 0 Å². The lowest BCUT2D eigenvalue weighted by Gasteiger charge is -2.12. The van der Waals surface area contributed by atoms with E-state index in [-0.39, 0.29) is 16.9 Å². The number of benzene rings is 4. The zero-order chi connectivity index (χ0) is 26.6. The van der Waals surface area contributed by atoms with Gasteiger partial charge in [0.15, 0.2) is 5.11 Å². The van der Waals surface area contributed by atoms with Crippen molar-refractivity contribution in [1.82, 2.24) is 10.6 Å². The number of anilines is 1. The smallest absolute Gasteiger partial charge is 0.257 e. The van der Waals surface area contributed by atoms with Gasteiger partial charge < -0.3 is 20.1 Å². The minimum absolute atomic E-state index is 0.121. The Balaban J connectivity index is 1.22. The summed E-state index contributed by atoms with van der Waals surface area (Å²) in [5.74, 6) is 0.839. The molecule has 38 heavy (non-hydrogen) atoms. The molecule has 3 N–H and O–H groups in total. The van der Waals surface area contributed by atoms with Gasteiger partial charge in [0.05, 0.1) is 0 Å². The van der Waals surface area contributed by atoms with E-state index in [0.29, 0.717) is 42.3 Å². The van der Waals surface area contributed by atoms with Crippen LogP contribution in [0.15, 0.2) is 109 Å². The van der Waals surface area contributed by atoms with Gasteiger partial charge in [0.25, 0.3) is 11.8 Å². The molecule has 0 saturated carbocycles. The lowest BCUT2D eigenvalue weighted by atomic mass is 10.1. The first-order valence-electron chi connectivity index (χ1n) is 12.0. The first-order valence-corrected chi connectivity index (χ1v) is 12.4. The Morgan fingerprint density at radius 2 is 1.29 bits per heavy atom. The molecular formula is C30H27N3O4S. The molecule has 0 spiro atoms. The molecule has 4 aromatic carbocycles. The molecular weight excluding hydrogens is 498 g/mol. The van der Waals surface area contributed by atoms with Gasteiger partial charge in [0.2, 0.25) is 0 Å². The average Bonchev–Trinajstić information content (AvgIpc) is 2.95. The molecule has 0 fully saturated rings. The molecule has 4 aromatic rings. The molecule has 0 heterocycles. The van der Waals surface area contributed by atoms with E-state index in [9.17, 15) is 9.59 Å². The van der Waals surface area contributed by atoms with E-state index >= 15 is 0 Å². The third-order valence-corrected chi connectivity index (χ3v) is 5.59. The summed E-state index contributed by atoms with van der Waals surface area (Å²) in [6.07, 6.45) is 0. The summed E-state index contributed by atoms with van der Waals surface area (Å²) in [5.41, 5.74) is 2.50. The predicted molar refractivity (Wildman–Crippen MR) is 152 cm³/mol. The summed E-state index contributed by atoms with van der Waals surface area (Å²) in [5, 5.41) is 8.61. The van der Waals surface area contributed by atoms with Gasteiger partial charge in [-0.3, -0.25) is 14.9 Å². The molecule has 0 saturated heterocycles. The Morgan fingerprint density at radius 1 is 0.658 bits per heavy atom. The topological polar surface area (TPSA) is 88.7 Å². The number of rotatable bonds is 10. The molecule has 192 valence electrons. The van der Waals surface area contributed by atoms with Crippen LogP contribution in [0.5, 0.6) is 11.5 Å². The highest BCUT2D eigenvalue weighted by Crippen LogP contribution is 2.14. The molecule has 4 rings (SSSR count). The number of hydrogen-bond donors (Lipinski definition) is 3. The van der Waals surface area contributed by atoms with Crippen molar-refractivity contribution in [3.05, 3.63) is 126 Å². The fraction of sp³-hybridized carbons (Fsp3) is 0.100. The van der Waals surface area contributed by atoms with Crippen LogP contribution in [0.2, 0.25) is 0 Å². The maximum absolute atomic E-state index is 12.6. The van der Waals surface area contributed by atoms with E-state index in [1.54, 1.807) is 48.5 Å². The molecule has 0 aliphatic carbocycles. The van der Waals surface area contributed by atoms with Gasteiger partial charge in [-0.2, -0.15) is 0 Å². The van der Waals surface area contributed by atoms with E-state index in [1.165, 1.54) is 0 Å². The summed E-state index contributed by atoms with van der Waals surface area (Å²) in [6.45, 7) is 1.21. The lowest BCUT2D eigenvalue weighted by molar-refractivity contribution is 0.0948. The van der Waals surface area contributed by atoms with Gasteiger partial charge in [-0.25, -0.2) is 0 Å². The van der Waals surface area contributed by atoms with Crippen molar-refractivity contribution in [3.8, 4) is 11.5 Å². The molecule has 8 heteroatoms. The molecule has 0 unspecified atom stereocenters. The number of carbonyl (C=O) groups excluding carboxylic acids is 2. The van der Waals surface area contributed by atoms with Crippen molar-refractivity contribution in [2.75, 3.05) is 18.5 Å². The van der Waals surface area contributed by atoms with E-state index in [4.69, 9.17) is 21.7 Å². The first-order chi connectivity index (χ1) is 18.6. The lowest BCUT2D eigenvalue weighted by Crippen LogP contribution is -2.34. The Bertz CT molecular complexity index is 1360. The fourth-order valence-electron chi connectivity index (χ4n) is 3.49. The van der Waals surface area contributed by atoms with Gasteiger partial charge in [0.1, 0.15) is 24.7 Å². The molecule has 0 aliphatic rings. The van der Waals surface area contributed by atoms with E-state index in [2.05, 4.69) is 16.0 Å². The fourth-order valence-corrected chi connectivity index (χ4v) is 3.70. The van der Waals surface area contributed by atoms with Gasteiger partial charge in [-0.1, -0.05) is 54.6 Å². The molecule has 7 nitrogen and oxygen atoms in total. The summed E-state index contributed by atoms with van der Waals surface area (Å²) in [6, 6.07) is 32.8. The quantitative estimate of drug-likeness (QED) is 0.195. The zero-order valence-electron chi connectivity index (χ0n) is 20.6. The van der Waals surface area contributed by atoms with Gasteiger partial charge in [-0.05, 0) is 72.4 Å². The minimum Gasteiger partial charge on any atom is -0.490 e. The van der Waals surface area contributed by atoms with Crippen molar-refractivity contribution < 1.29 is 19.1 Å². The second-order valence-corrected chi connectivity index (χ2v) is 8.60. The Kier molecular flexibility index (Phi) is 9.42. The number of nitrogens with one attached hydrogen (secondary N) is 3. The summed E-state index contributed by atoms with van der Waals surface area (Å²) in [4.78, 5) is 25.1. The van der Waals surface area contributed by atoms with Crippen LogP contribution in [0.3, 0.4) is 0 Å². The second-order valence-electron chi connectivity index (χ2n) is 8.19. The Hall–Kier alpha value is -4.69. The highest BCUT2D eigenvalue weighted by Gasteiger charge is 2.10. The Morgan fingerprint density at radius 3 is 1.97 bits per heavy atom. The van der Waals surface area contributed by atoms with Gasteiger partial charge >= 0.3 is 0 Å². The molecule has 0 aliphatic heterocycles. The number of para-hydroxylation sites is 1. The summed E-state index contributed by atoms with van der Waals surface area (Å²) >= 11 is 5.29. The third kappa shape index (κ3) is 8.18. The summed E-state index contributed by atoms with van der Waals surface area (Å²) in [7, 11) is 0. The number of hydrogen-bond acceptors (Lipinski definition) is 5. The highest BCUT2D eigenvalue weighted by atomic mass is 32.1. The number of thiocarbonyl (C=S) groups is 1. The largest absolute Gasteiger partial charge is 0.490 e. The SMILES string of the molecule is O=C(NCc1ccccc1)c1cccc(NC(=S)NC(=O)c2ccc(OCCOc3ccccc3)cc2)c1. The number of amides is 2. The summed E-state index contributed by atoms with van der Waals surface area (Å²) < 4.78 is 11.3. The van der Waals surface area contributed by atoms with Crippen LogP contribution in [0.1, 0.15) is 26.3 Å². The van der Waals surface area contributed by atoms with Crippen LogP contribution in [-0.4, -0.2) is 30.1 Å². The van der Waals surface area contributed by atoms with Crippen molar-refractivity contribution >= 4 is 34.8 Å². The second kappa shape index (κ2) is 13.6. The van der Waals surface area contributed by atoms with Crippen molar-refractivity contribution in [2.45, 2.75) is 6.54 Å². The van der Waals surface area contributed by atoms with E-state index in [1.807, 2.05) is 60.7 Å². The maximum atomic E-state index is 12.6. The predicted octanol–water partition coefficient (Wildman–Crippen LogP) is 5.20. The monoisotopic (exact) mass is 525 g/mol. The standard InChI is InChI=1S/C30H27N3O4S/c34-28(31-21-22-8-3-1-4-9-22)24-10-7-11-25(20-24)32-30(38)33-29(35)23-14-16-27(17-15-23)37-19-18-36-26-12-5-2-6-13-26/h1-17,20H,18-19,21H2,(H,31,34)(H2,32,33,35,38). The van der Waals surface area contributed by atoms with Crippen LogP contribution in [0.4, 0.5) is 5.69 Å². The highest BCUT2D eigenvalue weighted by molar-refractivity contribution is 7.80. The molecule has 2 amide bonds. The average molecular weight is 526 g/mol. The van der Waals surface area contributed by atoms with E-state index < -0.39 is 0 Å². The molecule has 0 aromatic heterocycles. The van der Waals surface area contributed by atoms with Gasteiger partial charge in [-0.15, -0.1) is 0 Å². The number of ether oxygens (including phenoxy) is 2. The first kappa shape index (κ1) is 26.4. The minimum atomic E-state index is -0.363. The van der Waals surface area contributed by atoms with Gasteiger partial charge in [0, 0.05) is 23.4 Å². The Labute approximate surface area is 226 Å². The van der Waals surface area contributed by atoms with Crippen LogP contribution >= 0.6 is 12.2 Å². The van der Waals surface area contributed by atoms with E-state index in [0.717, 1.165) is 11.3 Å². The molecule has 0 radical (unpaired) electrons.